The summed E-state index contributed by atoms with van der Waals surface area (Å²) in [7, 11) is 0. The molecule has 12 heteroatoms. The van der Waals surface area contributed by atoms with Crippen LogP contribution in [0.4, 0.5) is 0 Å². The van der Waals surface area contributed by atoms with E-state index in [4.69, 9.17) is 30.0 Å². The Bertz CT molecular complexity index is 2930. The molecular formula is C108H186N12. The van der Waals surface area contributed by atoms with E-state index in [0.717, 1.165) is 111 Å². The monoisotopic (exact) mass is 1650 g/mol. The molecule has 0 saturated carbocycles. The smallest absolute Gasteiger partial charge is 0.0603 e. The minimum absolute atomic E-state index is 0.970. The SMILES string of the molecule is CCCCCCCCN=c1ccn(CCCCCCCCCCn2ccc(=NCCCCCCCC)cc2)cc1.CCCCCCCCN=c1ccn(CCCCCCCCCCn2ccc(=NCCCCCCCC)cc2)cc1.CCCCCCCCN=c1ccn(CCCCCCCCCCn2ccc(=NCCCCCCCC)cc2)cc1. The zero-order valence-corrected chi connectivity index (χ0v) is 79.1. The Balaban J connectivity index is 0.000000378. The van der Waals surface area contributed by atoms with Gasteiger partial charge in [0.05, 0.1) is 32.1 Å². The lowest BCUT2D eigenvalue weighted by Crippen LogP contribution is -2.06. The van der Waals surface area contributed by atoms with E-state index in [2.05, 4.69) is 216 Å². The summed E-state index contributed by atoms with van der Waals surface area (Å²) < 4.78 is 13.9. The molecule has 0 N–H and O–H groups in total. The third-order valence-electron chi connectivity index (χ3n) is 23.8. The van der Waals surface area contributed by atoms with Crippen LogP contribution in [0.5, 0.6) is 0 Å². The zero-order valence-electron chi connectivity index (χ0n) is 79.1. The molecule has 0 aliphatic carbocycles. The van der Waals surface area contributed by atoms with Crippen molar-refractivity contribution in [1.29, 1.82) is 0 Å². The van der Waals surface area contributed by atoms with Gasteiger partial charge in [0.25, 0.3) is 0 Å². The van der Waals surface area contributed by atoms with Crippen LogP contribution in [-0.4, -0.2) is 66.7 Å². The van der Waals surface area contributed by atoms with Gasteiger partial charge in [0.2, 0.25) is 0 Å². The van der Waals surface area contributed by atoms with E-state index in [9.17, 15) is 0 Å². The summed E-state index contributed by atoms with van der Waals surface area (Å²) in [6.07, 6.45) is 107. The van der Waals surface area contributed by atoms with Gasteiger partial charge in [-0.3, -0.25) is 30.0 Å². The highest BCUT2D eigenvalue weighted by Gasteiger charge is 2.03. The van der Waals surface area contributed by atoms with Crippen LogP contribution in [0.25, 0.3) is 0 Å². The molecule has 6 aromatic heterocycles. The van der Waals surface area contributed by atoms with Crippen molar-refractivity contribution in [1.82, 2.24) is 27.4 Å². The number of aromatic nitrogens is 6. The predicted molar refractivity (Wildman–Crippen MR) is 520 cm³/mol. The first-order chi connectivity index (χ1) is 59.4. The largest absolute Gasteiger partial charge is 0.354 e. The van der Waals surface area contributed by atoms with Gasteiger partial charge in [-0.25, -0.2) is 0 Å². The van der Waals surface area contributed by atoms with Crippen LogP contribution in [0, 0.1) is 0 Å². The number of rotatable bonds is 75. The van der Waals surface area contributed by atoms with Crippen LogP contribution in [0.2, 0.25) is 0 Å². The Morgan fingerprint density at radius 2 is 0.233 bits per heavy atom. The minimum Gasteiger partial charge on any atom is -0.354 e. The maximum absolute atomic E-state index is 4.74. The van der Waals surface area contributed by atoms with Crippen LogP contribution in [0.15, 0.2) is 177 Å². The van der Waals surface area contributed by atoms with E-state index >= 15 is 0 Å². The molecule has 0 atom stereocenters. The molecule has 0 aliphatic heterocycles. The Morgan fingerprint density at radius 1 is 0.133 bits per heavy atom. The maximum Gasteiger partial charge on any atom is 0.0603 e. The van der Waals surface area contributed by atoms with Crippen molar-refractivity contribution in [3.05, 3.63) is 179 Å². The highest BCUT2D eigenvalue weighted by Crippen LogP contribution is 2.16. The first-order valence-electron chi connectivity index (χ1n) is 51.4. The quantitative estimate of drug-likeness (QED) is 0.0340. The van der Waals surface area contributed by atoms with Crippen molar-refractivity contribution in [3.8, 4) is 0 Å². The van der Waals surface area contributed by atoms with Crippen molar-refractivity contribution in [3.63, 3.8) is 0 Å². The molecule has 0 spiro atoms. The number of unbranched alkanes of at least 4 members (excludes halogenated alkanes) is 51. The second kappa shape index (κ2) is 81.1. The minimum atomic E-state index is 0.970. The van der Waals surface area contributed by atoms with Crippen molar-refractivity contribution in [2.24, 2.45) is 30.0 Å². The molecular weight excluding hydrogens is 1470 g/mol. The van der Waals surface area contributed by atoms with E-state index in [1.165, 1.54) is 385 Å². The van der Waals surface area contributed by atoms with Crippen LogP contribution >= 0.6 is 0 Å². The molecule has 12 nitrogen and oxygen atoms in total. The van der Waals surface area contributed by atoms with Crippen LogP contribution in [0.1, 0.15) is 427 Å². The van der Waals surface area contributed by atoms with E-state index in [1.54, 1.807) is 0 Å². The predicted octanol–water partition coefficient (Wildman–Crippen LogP) is 28.9. The van der Waals surface area contributed by atoms with Gasteiger partial charge in [-0.05, 0) is 150 Å². The van der Waals surface area contributed by atoms with Crippen molar-refractivity contribution in [2.75, 3.05) is 39.3 Å². The zero-order chi connectivity index (χ0) is 85.1. The first kappa shape index (κ1) is 106. The van der Waals surface area contributed by atoms with Crippen LogP contribution in [-0.2, 0) is 39.3 Å². The van der Waals surface area contributed by atoms with Crippen molar-refractivity contribution >= 4 is 0 Å². The summed E-state index contributed by atoms with van der Waals surface area (Å²) in [5, 5.41) is 6.80. The molecule has 678 valence electrons. The third kappa shape index (κ3) is 63.6. The average molecular weight is 1650 g/mol. The molecule has 6 rings (SSSR count). The standard InChI is InChI=1S/3C36H62N4/c3*1-3-5-7-9-15-19-27-37-35-23-31-39(32-24-35)29-21-17-13-11-12-14-18-22-30-40-33-25-36(26-34-40)38-28-20-16-10-8-6-4-2/h3*23-26,31-34H,3-22,27-30H2,1-2H3. The lowest BCUT2D eigenvalue weighted by atomic mass is 10.1. The number of hydrogen-bond acceptors (Lipinski definition) is 6. The first-order valence-corrected chi connectivity index (χ1v) is 51.4. The number of nitrogens with zero attached hydrogens (tertiary/aromatic N) is 12. The van der Waals surface area contributed by atoms with Crippen molar-refractivity contribution in [2.45, 2.75) is 466 Å². The summed E-state index contributed by atoms with van der Waals surface area (Å²) in [4.78, 5) is 28.4. The van der Waals surface area contributed by atoms with E-state index in [1.807, 2.05) is 0 Å². The maximum atomic E-state index is 4.74. The Hall–Kier alpha value is -6.30. The van der Waals surface area contributed by atoms with E-state index in [-0.39, 0.29) is 0 Å². The lowest BCUT2D eigenvalue weighted by Gasteiger charge is -2.07. The van der Waals surface area contributed by atoms with E-state index in [0.29, 0.717) is 0 Å². The van der Waals surface area contributed by atoms with Gasteiger partial charge in [-0.1, -0.05) is 350 Å². The van der Waals surface area contributed by atoms with Crippen LogP contribution in [0.3, 0.4) is 0 Å². The Labute approximate surface area is 737 Å². The van der Waals surface area contributed by atoms with Gasteiger partial charge in [0.15, 0.2) is 0 Å². The molecule has 120 heavy (non-hydrogen) atoms. The highest BCUT2D eigenvalue weighted by molar-refractivity contribution is 4.98. The third-order valence-corrected chi connectivity index (χ3v) is 23.8. The fourth-order valence-electron chi connectivity index (χ4n) is 15.8. The highest BCUT2D eigenvalue weighted by atomic mass is 15.0. The number of hydrogen-bond donors (Lipinski definition) is 0. The molecule has 6 aromatic rings. The van der Waals surface area contributed by atoms with Gasteiger partial charge in [-0.15, -0.1) is 0 Å². The summed E-state index contributed by atoms with van der Waals surface area (Å²) in [5.41, 5.74) is 0. The molecule has 0 fully saturated rings. The summed E-state index contributed by atoms with van der Waals surface area (Å²) in [6, 6.07) is 26.1. The summed E-state index contributed by atoms with van der Waals surface area (Å²) >= 11 is 0. The fourth-order valence-corrected chi connectivity index (χ4v) is 15.8. The molecule has 0 unspecified atom stereocenters. The fraction of sp³-hybridized carbons (Fsp3) is 0.722. The Kier molecular flexibility index (Phi) is 71.6. The van der Waals surface area contributed by atoms with Gasteiger partial charge in [0, 0.05) is 153 Å². The second-order valence-corrected chi connectivity index (χ2v) is 35.1. The van der Waals surface area contributed by atoms with Gasteiger partial charge < -0.3 is 27.4 Å². The molecule has 0 radical (unpaired) electrons. The summed E-state index contributed by atoms with van der Waals surface area (Å²) in [5.74, 6) is 0. The number of pyridine rings is 6. The van der Waals surface area contributed by atoms with Gasteiger partial charge in [0.1, 0.15) is 0 Å². The molecule has 0 bridgehead atoms. The molecule has 6 heterocycles. The number of aryl methyl sites for hydroxylation is 6. The molecule has 0 aliphatic rings. The summed E-state index contributed by atoms with van der Waals surface area (Å²) in [6.45, 7) is 26.2. The lowest BCUT2D eigenvalue weighted by molar-refractivity contribution is 0.524. The Morgan fingerprint density at radius 3 is 0.350 bits per heavy atom. The van der Waals surface area contributed by atoms with Gasteiger partial charge >= 0.3 is 0 Å². The van der Waals surface area contributed by atoms with Gasteiger partial charge in [-0.2, -0.15) is 0 Å². The normalized spacial score (nSPS) is 11.2. The average Bonchev–Trinajstić information content (AvgIpc) is 0.947. The second-order valence-electron chi connectivity index (χ2n) is 35.1. The topological polar surface area (TPSA) is 104 Å². The molecule has 0 saturated heterocycles. The molecule has 0 amide bonds. The van der Waals surface area contributed by atoms with Crippen molar-refractivity contribution < 1.29 is 0 Å². The molecule has 0 aromatic carbocycles. The van der Waals surface area contributed by atoms with Crippen LogP contribution < -0.4 is 32.1 Å². The van der Waals surface area contributed by atoms with E-state index < -0.39 is 0 Å².